The summed E-state index contributed by atoms with van der Waals surface area (Å²) in [4.78, 5) is 1.36. The highest BCUT2D eigenvalue weighted by molar-refractivity contribution is 9.10. The van der Waals surface area contributed by atoms with Crippen molar-refractivity contribution in [2.24, 2.45) is 0 Å². The van der Waals surface area contributed by atoms with Gasteiger partial charge in [0.1, 0.15) is 0 Å². The largest absolute Gasteiger partial charge is 0.380 e. The van der Waals surface area contributed by atoms with E-state index in [1.165, 1.54) is 41.5 Å². The quantitative estimate of drug-likeness (QED) is 0.598. The molecule has 1 aromatic rings. The fourth-order valence-corrected chi connectivity index (χ4v) is 3.13. The summed E-state index contributed by atoms with van der Waals surface area (Å²) in [6, 6.07) is 2.16. The van der Waals surface area contributed by atoms with Crippen LogP contribution in [0.3, 0.4) is 0 Å². The Morgan fingerprint density at radius 3 is 2.78 bits per heavy atom. The third-order valence-corrected chi connectivity index (χ3v) is 4.43. The zero-order chi connectivity index (χ0) is 13.1. The average molecular weight is 334 g/mol. The van der Waals surface area contributed by atoms with Crippen molar-refractivity contribution < 1.29 is 4.74 Å². The maximum absolute atomic E-state index is 5.59. The summed E-state index contributed by atoms with van der Waals surface area (Å²) in [6.07, 6.45) is 6.54. The topological polar surface area (TPSA) is 21.3 Å². The van der Waals surface area contributed by atoms with Gasteiger partial charge in [0.05, 0.1) is 6.61 Å². The smallest absolute Gasteiger partial charge is 0.0591 e. The van der Waals surface area contributed by atoms with Crippen molar-refractivity contribution in [1.29, 1.82) is 0 Å². The summed E-state index contributed by atoms with van der Waals surface area (Å²) < 4.78 is 6.76. The Balaban J connectivity index is 1.81. The van der Waals surface area contributed by atoms with E-state index in [1.54, 1.807) is 11.3 Å². The lowest BCUT2D eigenvalue weighted by Crippen LogP contribution is -2.18. The van der Waals surface area contributed by atoms with Crippen molar-refractivity contribution in [3.05, 3.63) is 20.8 Å². The van der Waals surface area contributed by atoms with Crippen LogP contribution in [-0.2, 0) is 11.3 Å². The monoisotopic (exact) mass is 333 g/mol. The lowest BCUT2D eigenvalue weighted by atomic mass is 10.2. The van der Waals surface area contributed by atoms with E-state index in [0.717, 1.165) is 26.3 Å². The minimum Gasteiger partial charge on any atom is -0.380 e. The number of rotatable bonds is 11. The Morgan fingerprint density at radius 1 is 1.22 bits per heavy atom. The Kier molecular flexibility index (Phi) is 9.85. The van der Waals surface area contributed by atoms with Crippen LogP contribution in [-0.4, -0.2) is 19.8 Å². The van der Waals surface area contributed by atoms with Crippen LogP contribution in [0.2, 0.25) is 0 Å². The van der Waals surface area contributed by atoms with Gasteiger partial charge in [0, 0.05) is 34.4 Å². The molecular weight excluding hydrogens is 310 g/mol. The normalized spacial score (nSPS) is 11.0. The van der Waals surface area contributed by atoms with Crippen LogP contribution in [0.4, 0.5) is 0 Å². The van der Waals surface area contributed by atoms with Crippen molar-refractivity contribution in [2.45, 2.75) is 45.6 Å². The van der Waals surface area contributed by atoms with Gasteiger partial charge in [-0.1, -0.05) is 32.6 Å². The molecular formula is C14H24BrNOS. The standard InChI is InChI=1S/C14H24BrNOS/c1-2-3-4-5-6-8-17-9-7-16-11-14-10-13(15)12-18-14/h10,12,16H,2-9,11H2,1H3. The number of nitrogens with one attached hydrogen (secondary N) is 1. The van der Waals surface area contributed by atoms with Crippen LogP contribution in [0.5, 0.6) is 0 Å². The number of ether oxygens (including phenoxy) is 1. The molecule has 0 amide bonds. The number of thiophene rings is 1. The molecule has 1 aromatic heterocycles. The van der Waals surface area contributed by atoms with Crippen molar-refractivity contribution in [3.8, 4) is 0 Å². The summed E-state index contributed by atoms with van der Waals surface area (Å²) in [5, 5.41) is 5.51. The number of hydrogen-bond donors (Lipinski definition) is 1. The fraction of sp³-hybridized carbons (Fsp3) is 0.714. The molecule has 0 saturated heterocycles. The highest BCUT2D eigenvalue weighted by Gasteiger charge is 1.96. The second-order valence-corrected chi connectivity index (χ2v) is 6.35. The molecule has 2 nitrogen and oxygen atoms in total. The van der Waals surface area contributed by atoms with Gasteiger partial charge in [-0.3, -0.25) is 0 Å². The van der Waals surface area contributed by atoms with Crippen LogP contribution >= 0.6 is 27.3 Å². The van der Waals surface area contributed by atoms with E-state index >= 15 is 0 Å². The molecule has 0 spiro atoms. The van der Waals surface area contributed by atoms with Gasteiger partial charge >= 0.3 is 0 Å². The predicted molar refractivity (Wildman–Crippen MR) is 83.3 cm³/mol. The van der Waals surface area contributed by atoms with Crippen molar-refractivity contribution in [1.82, 2.24) is 5.32 Å². The molecule has 1 N–H and O–H groups in total. The molecule has 0 radical (unpaired) electrons. The first-order valence-corrected chi connectivity index (χ1v) is 8.51. The Morgan fingerprint density at radius 2 is 2.06 bits per heavy atom. The molecule has 0 unspecified atom stereocenters. The highest BCUT2D eigenvalue weighted by atomic mass is 79.9. The van der Waals surface area contributed by atoms with Gasteiger partial charge in [0.2, 0.25) is 0 Å². The third kappa shape index (κ3) is 8.25. The number of halogens is 1. The lowest BCUT2D eigenvalue weighted by molar-refractivity contribution is 0.131. The van der Waals surface area contributed by atoms with E-state index in [4.69, 9.17) is 4.74 Å². The molecule has 0 saturated carbocycles. The first-order chi connectivity index (χ1) is 8.83. The molecule has 104 valence electrons. The summed E-state index contributed by atoms with van der Waals surface area (Å²) in [5.41, 5.74) is 0. The van der Waals surface area contributed by atoms with Crippen LogP contribution in [0.1, 0.15) is 43.9 Å². The van der Waals surface area contributed by atoms with E-state index in [2.05, 4.69) is 39.6 Å². The van der Waals surface area contributed by atoms with Crippen molar-refractivity contribution in [2.75, 3.05) is 19.8 Å². The maximum atomic E-state index is 5.59. The minimum atomic E-state index is 0.820. The maximum Gasteiger partial charge on any atom is 0.0591 e. The predicted octanol–water partition coefficient (Wildman–Crippen LogP) is 4.59. The summed E-state index contributed by atoms with van der Waals surface area (Å²) >= 11 is 5.24. The molecule has 18 heavy (non-hydrogen) atoms. The molecule has 0 aliphatic rings. The molecule has 0 bridgehead atoms. The van der Waals surface area contributed by atoms with Crippen molar-refractivity contribution in [3.63, 3.8) is 0 Å². The fourth-order valence-electron chi connectivity index (χ4n) is 1.71. The molecule has 0 aliphatic carbocycles. The number of unbranched alkanes of at least 4 members (excludes halogenated alkanes) is 4. The summed E-state index contributed by atoms with van der Waals surface area (Å²) in [7, 11) is 0. The average Bonchev–Trinajstić information content (AvgIpc) is 2.77. The molecule has 0 aliphatic heterocycles. The van der Waals surface area contributed by atoms with Crippen LogP contribution < -0.4 is 5.32 Å². The Labute approximate surface area is 123 Å². The third-order valence-electron chi connectivity index (χ3n) is 2.74. The van der Waals surface area contributed by atoms with Crippen LogP contribution in [0, 0.1) is 0 Å². The second-order valence-electron chi connectivity index (χ2n) is 4.43. The van der Waals surface area contributed by atoms with Gasteiger partial charge in [-0.25, -0.2) is 0 Å². The van der Waals surface area contributed by atoms with Crippen LogP contribution in [0.25, 0.3) is 0 Å². The Bertz CT molecular complexity index is 304. The zero-order valence-corrected chi connectivity index (χ0v) is 13.6. The van der Waals surface area contributed by atoms with E-state index in [1.807, 2.05) is 0 Å². The highest BCUT2D eigenvalue weighted by Crippen LogP contribution is 2.19. The summed E-state index contributed by atoms with van der Waals surface area (Å²) in [5.74, 6) is 0. The van der Waals surface area contributed by atoms with E-state index in [9.17, 15) is 0 Å². The lowest BCUT2D eigenvalue weighted by Gasteiger charge is -2.05. The first-order valence-electron chi connectivity index (χ1n) is 6.84. The van der Waals surface area contributed by atoms with Gasteiger partial charge in [0.15, 0.2) is 0 Å². The Hall–Kier alpha value is 0.1000. The van der Waals surface area contributed by atoms with Gasteiger partial charge < -0.3 is 10.1 Å². The first kappa shape index (κ1) is 16.2. The minimum absolute atomic E-state index is 0.820. The van der Waals surface area contributed by atoms with E-state index in [-0.39, 0.29) is 0 Å². The van der Waals surface area contributed by atoms with E-state index < -0.39 is 0 Å². The molecule has 0 atom stereocenters. The van der Waals surface area contributed by atoms with E-state index in [0.29, 0.717) is 0 Å². The SMILES string of the molecule is CCCCCCCOCCNCc1cc(Br)cs1. The molecule has 1 rings (SSSR count). The van der Waals surface area contributed by atoms with Gasteiger partial charge in [-0.2, -0.15) is 0 Å². The second kappa shape index (κ2) is 11.0. The summed E-state index contributed by atoms with van der Waals surface area (Å²) in [6.45, 7) is 5.85. The van der Waals surface area contributed by atoms with Gasteiger partial charge in [-0.15, -0.1) is 11.3 Å². The van der Waals surface area contributed by atoms with Crippen LogP contribution in [0.15, 0.2) is 15.9 Å². The zero-order valence-electron chi connectivity index (χ0n) is 11.2. The van der Waals surface area contributed by atoms with Gasteiger partial charge in [0.25, 0.3) is 0 Å². The molecule has 0 aromatic carbocycles. The molecule has 4 heteroatoms. The molecule has 0 fully saturated rings. The van der Waals surface area contributed by atoms with Gasteiger partial charge in [-0.05, 0) is 28.4 Å². The number of hydrogen-bond acceptors (Lipinski definition) is 3. The van der Waals surface area contributed by atoms with Crippen molar-refractivity contribution >= 4 is 27.3 Å². The molecule has 1 heterocycles.